The molecule has 2 nitrogen and oxygen atoms in total. The molecule has 110 valence electrons. The highest BCUT2D eigenvalue weighted by molar-refractivity contribution is 5.31. The van der Waals surface area contributed by atoms with Crippen molar-refractivity contribution in [3.05, 3.63) is 65.7 Å². The summed E-state index contributed by atoms with van der Waals surface area (Å²) in [6, 6.07) is 19.1. The summed E-state index contributed by atoms with van der Waals surface area (Å²) < 4.78 is 6.10. The van der Waals surface area contributed by atoms with Gasteiger partial charge in [-0.1, -0.05) is 42.5 Å². The van der Waals surface area contributed by atoms with Crippen molar-refractivity contribution >= 4 is 0 Å². The van der Waals surface area contributed by atoms with Crippen molar-refractivity contribution in [2.45, 2.75) is 31.8 Å². The lowest BCUT2D eigenvalue weighted by atomic mass is 10.1. The Morgan fingerprint density at radius 2 is 1.62 bits per heavy atom. The van der Waals surface area contributed by atoms with Crippen molar-refractivity contribution in [2.24, 2.45) is 0 Å². The quantitative estimate of drug-likeness (QED) is 0.920. The van der Waals surface area contributed by atoms with E-state index in [2.05, 4.69) is 59.9 Å². The van der Waals surface area contributed by atoms with Gasteiger partial charge in [-0.15, -0.1) is 0 Å². The van der Waals surface area contributed by atoms with Crippen LogP contribution in [0.1, 0.15) is 30.4 Å². The van der Waals surface area contributed by atoms with E-state index in [-0.39, 0.29) is 0 Å². The predicted molar refractivity (Wildman–Crippen MR) is 86.8 cm³/mol. The maximum atomic E-state index is 6.10. The highest BCUT2D eigenvalue weighted by atomic mass is 16.5. The van der Waals surface area contributed by atoms with E-state index in [9.17, 15) is 0 Å². The Labute approximate surface area is 127 Å². The van der Waals surface area contributed by atoms with Crippen LogP contribution in [0.5, 0.6) is 5.75 Å². The van der Waals surface area contributed by atoms with Crippen molar-refractivity contribution in [2.75, 3.05) is 13.1 Å². The second-order valence-electron chi connectivity index (χ2n) is 5.73. The topological polar surface area (TPSA) is 21.3 Å². The number of rotatable bonds is 4. The van der Waals surface area contributed by atoms with Crippen LogP contribution in [-0.2, 0) is 6.42 Å². The monoisotopic (exact) mass is 281 g/mol. The van der Waals surface area contributed by atoms with E-state index in [1.807, 2.05) is 0 Å². The molecule has 0 amide bonds. The Bertz CT molecular complexity index is 527. The van der Waals surface area contributed by atoms with E-state index >= 15 is 0 Å². The Kier molecular flexibility index (Phi) is 4.90. The first kappa shape index (κ1) is 14.2. The third-order valence-corrected chi connectivity index (χ3v) is 4.00. The molecule has 0 aromatic heterocycles. The van der Waals surface area contributed by atoms with Gasteiger partial charge in [0.25, 0.3) is 0 Å². The van der Waals surface area contributed by atoms with E-state index < -0.39 is 0 Å². The standard InChI is InChI=1S/C19H23NO/c1-2-5-16(6-3-1)15-17-8-10-19(11-9-17)21-18-7-4-13-20-14-12-18/h1-3,5-6,8-11,18,20H,4,7,12-15H2. The van der Waals surface area contributed by atoms with Crippen molar-refractivity contribution in [3.8, 4) is 5.75 Å². The van der Waals surface area contributed by atoms with Crippen LogP contribution in [0.4, 0.5) is 0 Å². The molecule has 1 aliphatic heterocycles. The molecule has 2 aromatic carbocycles. The van der Waals surface area contributed by atoms with Crippen LogP contribution >= 0.6 is 0 Å². The summed E-state index contributed by atoms with van der Waals surface area (Å²) in [6.45, 7) is 2.19. The van der Waals surface area contributed by atoms with Gasteiger partial charge < -0.3 is 10.1 Å². The van der Waals surface area contributed by atoms with E-state index in [4.69, 9.17) is 4.74 Å². The van der Waals surface area contributed by atoms with E-state index in [0.717, 1.165) is 38.1 Å². The molecule has 0 bridgehead atoms. The number of hydrogen-bond acceptors (Lipinski definition) is 2. The second-order valence-corrected chi connectivity index (χ2v) is 5.73. The summed E-state index contributed by atoms with van der Waals surface area (Å²) in [5.74, 6) is 0.999. The lowest BCUT2D eigenvalue weighted by Crippen LogP contribution is -2.19. The molecule has 3 rings (SSSR count). The third kappa shape index (κ3) is 4.33. The number of ether oxygens (including phenoxy) is 1. The molecule has 0 spiro atoms. The normalized spacial score (nSPS) is 19.0. The van der Waals surface area contributed by atoms with E-state index in [1.165, 1.54) is 17.5 Å². The highest BCUT2D eigenvalue weighted by Gasteiger charge is 2.13. The first-order chi connectivity index (χ1) is 10.4. The summed E-state index contributed by atoms with van der Waals surface area (Å²) in [7, 11) is 0. The van der Waals surface area contributed by atoms with Crippen molar-refractivity contribution in [1.82, 2.24) is 5.32 Å². The molecule has 2 aromatic rings. The second kappa shape index (κ2) is 7.28. The molecular formula is C19H23NO. The molecule has 1 fully saturated rings. The van der Waals surface area contributed by atoms with E-state index in [0.29, 0.717) is 6.10 Å². The minimum absolute atomic E-state index is 0.361. The van der Waals surface area contributed by atoms with Crippen molar-refractivity contribution in [3.63, 3.8) is 0 Å². The lowest BCUT2D eigenvalue weighted by molar-refractivity contribution is 0.187. The fraction of sp³-hybridized carbons (Fsp3) is 0.368. The van der Waals surface area contributed by atoms with Gasteiger partial charge in [-0.2, -0.15) is 0 Å². The molecular weight excluding hydrogens is 258 g/mol. The zero-order valence-corrected chi connectivity index (χ0v) is 12.4. The average molecular weight is 281 g/mol. The van der Waals surface area contributed by atoms with Crippen LogP contribution in [0.2, 0.25) is 0 Å². The van der Waals surface area contributed by atoms with Gasteiger partial charge in [0.2, 0.25) is 0 Å². The van der Waals surface area contributed by atoms with Gasteiger partial charge in [-0.05, 0) is 62.0 Å². The maximum absolute atomic E-state index is 6.10. The molecule has 0 saturated carbocycles. The SMILES string of the molecule is c1ccc(Cc2ccc(OC3CCCNCC3)cc2)cc1. The van der Waals surface area contributed by atoms with Crippen LogP contribution in [0.3, 0.4) is 0 Å². The fourth-order valence-corrected chi connectivity index (χ4v) is 2.81. The summed E-state index contributed by atoms with van der Waals surface area (Å²) in [5, 5.41) is 3.42. The summed E-state index contributed by atoms with van der Waals surface area (Å²) in [6.07, 6.45) is 4.80. The van der Waals surface area contributed by atoms with Gasteiger partial charge in [0.05, 0.1) is 6.10 Å². The van der Waals surface area contributed by atoms with Crippen LogP contribution in [0.15, 0.2) is 54.6 Å². The van der Waals surface area contributed by atoms with Crippen LogP contribution in [-0.4, -0.2) is 19.2 Å². The molecule has 2 heteroatoms. The summed E-state index contributed by atoms with van der Waals surface area (Å²) >= 11 is 0. The van der Waals surface area contributed by atoms with Gasteiger partial charge in [-0.3, -0.25) is 0 Å². The van der Waals surface area contributed by atoms with E-state index in [1.54, 1.807) is 0 Å². The molecule has 0 radical (unpaired) electrons. The molecule has 1 saturated heterocycles. The zero-order chi connectivity index (χ0) is 14.3. The largest absolute Gasteiger partial charge is 0.490 e. The Morgan fingerprint density at radius 3 is 2.43 bits per heavy atom. The van der Waals surface area contributed by atoms with Crippen LogP contribution in [0.25, 0.3) is 0 Å². The Morgan fingerprint density at radius 1 is 0.857 bits per heavy atom. The summed E-state index contributed by atoms with van der Waals surface area (Å²) in [5.41, 5.74) is 2.68. The third-order valence-electron chi connectivity index (χ3n) is 4.00. The van der Waals surface area contributed by atoms with Gasteiger partial charge in [-0.25, -0.2) is 0 Å². The minimum atomic E-state index is 0.361. The predicted octanol–water partition coefficient (Wildman–Crippen LogP) is 3.80. The average Bonchev–Trinajstić information content (AvgIpc) is 2.79. The minimum Gasteiger partial charge on any atom is -0.490 e. The molecule has 1 unspecified atom stereocenters. The lowest BCUT2D eigenvalue weighted by Gasteiger charge is -2.16. The van der Waals surface area contributed by atoms with Gasteiger partial charge in [0.1, 0.15) is 5.75 Å². The molecule has 0 aliphatic carbocycles. The van der Waals surface area contributed by atoms with Gasteiger partial charge in [0.15, 0.2) is 0 Å². The highest BCUT2D eigenvalue weighted by Crippen LogP contribution is 2.19. The number of nitrogens with one attached hydrogen (secondary N) is 1. The van der Waals surface area contributed by atoms with Gasteiger partial charge in [0, 0.05) is 0 Å². The van der Waals surface area contributed by atoms with Crippen LogP contribution in [0, 0.1) is 0 Å². The zero-order valence-electron chi connectivity index (χ0n) is 12.4. The molecule has 1 atom stereocenters. The van der Waals surface area contributed by atoms with Crippen molar-refractivity contribution in [1.29, 1.82) is 0 Å². The number of hydrogen-bond donors (Lipinski definition) is 1. The first-order valence-corrected chi connectivity index (χ1v) is 7.90. The molecule has 1 aliphatic rings. The van der Waals surface area contributed by atoms with Gasteiger partial charge >= 0.3 is 0 Å². The fourth-order valence-electron chi connectivity index (χ4n) is 2.81. The molecule has 21 heavy (non-hydrogen) atoms. The number of benzene rings is 2. The Hall–Kier alpha value is -1.80. The maximum Gasteiger partial charge on any atom is 0.119 e. The smallest absolute Gasteiger partial charge is 0.119 e. The van der Waals surface area contributed by atoms with Crippen molar-refractivity contribution < 1.29 is 4.74 Å². The summed E-state index contributed by atoms with van der Waals surface area (Å²) in [4.78, 5) is 0. The molecule has 1 N–H and O–H groups in total. The molecule has 1 heterocycles. The van der Waals surface area contributed by atoms with Crippen LogP contribution < -0.4 is 10.1 Å². The first-order valence-electron chi connectivity index (χ1n) is 7.90. The Balaban J connectivity index is 1.58.